The van der Waals surface area contributed by atoms with Crippen molar-refractivity contribution in [3.63, 3.8) is 0 Å². The van der Waals surface area contributed by atoms with Crippen molar-refractivity contribution in [1.82, 2.24) is 9.97 Å². The van der Waals surface area contributed by atoms with Gasteiger partial charge in [0.1, 0.15) is 5.82 Å². The van der Waals surface area contributed by atoms with Crippen molar-refractivity contribution in [2.75, 3.05) is 17.2 Å². The third-order valence-electron chi connectivity index (χ3n) is 2.88. The number of halogens is 1. The van der Waals surface area contributed by atoms with Gasteiger partial charge in [0.05, 0.1) is 0 Å². The smallest absolute Gasteiger partial charge is 0.221 e. The predicted molar refractivity (Wildman–Crippen MR) is 71.3 cm³/mol. The van der Waals surface area contributed by atoms with Gasteiger partial charge >= 0.3 is 0 Å². The van der Waals surface area contributed by atoms with E-state index in [0.29, 0.717) is 5.95 Å². The number of hydrogen-bond donors (Lipinski definition) is 1. The van der Waals surface area contributed by atoms with Crippen LogP contribution in [0, 0.1) is 0 Å². The number of fused-ring (bicyclic) bond motifs is 1. The average molecular weight is 291 g/mol. The van der Waals surface area contributed by atoms with Crippen molar-refractivity contribution in [3.05, 3.63) is 40.5 Å². The Morgan fingerprint density at radius 3 is 3.00 bits per heavy atom. The minimum atomic E-state index is 0.311. The number of nitrogens with zero attached hydrogens (tertiary/aromatic N) is 3. The molecule has 0 fully saturated rings. The number of aromatic nitrogens is 2. The topological polar surface area (TPSA) is 55.0 Å². The van der Waals surface area contributed by atoms with Crippen molar-refractivity contribution in [3.8, 4) is 0 Å². The van der Waals surface area contributed by atoms with Gasteiger partial charge in [-0.2, -0.15) is 4.98 Å². The number of anilines is 3. The van der Waals surface area contributed by atoms with E-state index in [4.69, 9.17) is 5.73 Å². The fourth-order valence-corrected chi connectivity index (χ4v) is 2.45. The highest BCUT2D eigenvalue weighted by Crippen LogP contribution is 2.35. The second-order valence-electron chi connectivity index (χ2n) is 3.95. The summed E-state index contributed by atoms with van der Waals surface area (Å²) in [6.45, 7) is 0.933. The lowest BCUT2D eigenvalue weighted by atomic mass is 10.2. The standard InChI is InChI=1S/C12H11BrN4/c13-9-2-1-8-4-6-17(10(8)7-9)11-3-5-15-12(14)16-11/h1-3,5,7H,4,6H2,(H2,14,15,16). The Morgan fingerprint density at radius 2 is 2.18 bits per heavy atom. The molecule has 0 aliphatic carbocycles. The van der Waals surface area contributed by atoms with Crippen molar-refractivity contribution in [2.24, 2.45) is 0 Å². The molecule has 5 heteroatoms. The van der Waals surface area contributed by atoms with E-state index in [0.717, 1.165) is 23.3 Å². The van der Waals surface area contributed by atoms with Crippen LogP contribution in [0.15, 0.2) is 34.9 Å². The van der Waals surface area contributed by atoms with Crippen LogP contribution < -0.4 is 10.6 Å². The molecule has 2 aromatic rings. The molecule has 3 rings (SSSR count). The van der Waals surface area contributed by atoms with Crippen LogP contribution in [0.25, 0.3) is 0 Å². The zero-order valence-corrected chi connectivity index (χ0v) is 10.7. The molecule has 1 aromatic heterocycles. The number of nitrogen functional groups attached to an aromatic ring is 1. The summed E-state index contributed by atoms with van der Waals surface area (Å²) in [7, 11) is 0. The summed E-state index contributed by atoms with van der Waals surface area (Å²) in [5, 5.41) is 0. The van der Waals surface area contributed by atoms with Gasteiger partial charge in [-0.05, 0) is 30.2 Å². The van der Waals surface area contributed by atoms with Gasteiger partial charge in [0, 0.05) is 22.9 Å². The molecule has 0 atom stereocenters. The van der Waals surface area contributed by atoms with Gasteiger partial charge < -0.3 is 10.6 Å². The molecule has 17 heavy (non-hydrogen) atoms. The fourth-order valence-electron chi connectivity index (χ4n) is 2.10. The summed E-state index contributed by atoms with van der Waals surface area (Å²) >= 11 is 3.50. The Kier molecular flexibility index (Phi) is 2.48. The molecule has 0 bridgehead atoms. The third kappa shape index (κ3) is 1.86. The minimum Gasteiger partial charge on any atom is -0.368 e. The molecule has 0 saturated carbocycles. The second kappa shape index (κ2) is 4.00. The lowest BCUT2D eigenvalue weighted by Gasteiger charge is -2.18. The molecule has 0 amide bonds. The Balaban J connectivity index is 2.06. The molecule has 4 nitrogen and oxygen atoms in total. The molecule has 2 heterocycles. The maximum atomic E-state index is 5.62. The first-order valence-electron chi connectivity index (χ1n) is 5.38. The first kappa shape index (κ1) is 10.5. The summed E-state index contributed by atoms with van der Waals surface area (Å²) in [6.07, 6.45) is 2.72. The molecular formula is C12H11BrN4. The van der Waals surface area contributed by atoms with Crippen LogP contribution in [0.3, 0.4) is 0 Å². The minimum absolute atomic E-state index is 0.311. The van der Waals surface area contributed by atoms with Gasteiger partial charge in [-0.25, -0.2) is 4.98 Å². The van der Waals surface area contributed by atoms with Gasteiger partial charge in [-0.15, -0.1) is 0 Å². The molecule has 2 N–H and O–H groups in total. The molecular weight excluding hydrogens is 280 g/mol. The molecule has 86 valence electrons. The number of hydrogen-bond acceptors (Lipinski definition) is 4. The zero-order chi connectivity index (χ0) is 11.8. The largest absolute Gasteiger partial charge is 0.368 e. The highest BCUT2D eigenvalue weighted by Gasteiger charge is 2.21. The summed E-state index contributed by atoms with van der Waals surface area (Å²) < 4.78 is 1.07. The third-order valence-corrected chi connectivity index (χ3v) is 3.37. The van der Waals surface area contributed by atoms with Crippen molar-refractivity contribution in [2.45, 2.75) is 6.42 Å². The van der Waals surface area contributed by atoms with Crippen molar-refractivity contribution < 1.29 is 0 Å². The summed E-state index contributed by atoms with van der Waals surface area (Å²) in [4.78, 5) is 10.3. The van der Waals surface area contributed by atoms with E-state index in [2.05, 4.69) is 49.0 Å². The summed E-state index contributed by atoms with van der Waals surface area (Å²) in [5.41, 5.74) is 8.15. The van der Waals surface area contributed by atoms with E-state index in [-0.39, 0.29) is 0 Å². The van der Waals surface area contributed by atoms with Gasteiger partial charge in [-0.3, -0.25) is 0 Å². The first-order valence-corrected chi connectivity index (χ1v) is 6.18. The number of nitrogens with two attached hydrogens (primary N) is 1. The SMILES string of the molecule is Nc1nccc(N2CCc3ccc(Br)cc32)n1. The highest BCUT2D eigenvalue weighted by molar-refractivity contribution is 9.10. The van der Waals surface area contributed by atoms with E-state index in [1.807, 2.05) is 6.07 Å². The van der Waals surface area contributed by atoms with E-state index < -0.39 is 0 Å². The molecule has 0 radical (unpaired) electrons. The molecule has 1 aliphatic heterocycles. The van der Waals surface area contributed by atoms with E-state index in [9.17, 15) is 0 Å². The first-order chi connectivity index (χ1) is 8.24. The van der Waals surface area contributed by atoms with Crippen LogP contribution in [0.2, 0.25) is 0 Å². The van der Waals surface area contributed by atoms with E-state index in [1.165, 1.54) is 11.3 Å². The van der Waals surface area contributed by atoms with Crippen LogP contribution in [0.1, 0.15) is 5.56 Å². The molecule has 0 saturated heterocycles. The maximum Gasteiger partial charge on any atom is 0.221 e. The fraction of sp³-hybridized carbons (Fsp3) is 0.167. The highest BCUT2D eigenvalue weighted by atomic mass is 79.9. The van der Waals surface area contributed by atoms with Crippen LogP contribution in [0.5, 0.6) is 0 Å². The van der Waals surface area contributed by atoms with Gasteiger partial charge in [0.2, 0.25) is 5.95 Å². The summed E-state index contributed by atoms with van der Waals surface area (Å²) in [5.74, 6) is 1.17. The maximum absolute atomic E-state index is 5.62. The Bertz CT molecular complexity index is 570. The number of rotatable bonds is 1. The van der Waals surface area contributed by atoms with Crippen LogP contribution in [-0.4, -0.2) is 16.5 Å². The van der Waals surface area contributed by atoms with E-state index >= 15 is 0 Å². The monoisotopic (exact) mass is 290 g/mol. The molecule has 0 spiro atoms. The zero-order valence-electron chi connectivity index (χ0n) is 9.10. The van der Waals surface area contributed by atoms with Gasteiger partial charge in [0.15, 0.2) is 0 Å². The summed E-state index contributed by atoms with van der Waals surface area (Å²) in [6, 6.07) is 8.20. The normalized spacial score (nSPS) is 13.8. The van der Waals surface area contributed by atoms with Gasteiger partial charge in [-0.1, -0.05) is 22.0 Å². The van der Waals surface area contributed by atoms with Crippen molar-refractivity contribution in [1.29, 1.82) is 0 Å². The quantitative estimate of drug-likeness (QED) is 0.877. The van der Waals surface area contributed by atoms with Crippen LogP contribution in [-0.2, 0) is 6.42 Å². The van der Waals surface area contributed by atoms with Crippen LogP contribution in [0.4, 0.5) is 17.5 Å². The van der Waals surface area contributed by atoms with Gasteiger partial charge in [0.25, 0.3) is 0 Å². The Morgan fingerprint density at radius 1 is 1.29 bits per heavy atom. The molecule has 1 aromatic carbocycles. The number of benzene rings is 1. The second-order valence-corrected chi connectivity index (χ2v) is 4.86. The van der Waals surface area contributed by atoms with Crippen molar-refractivity contribution >= 4 is 33.4 Å². The molecule has 1 aliphatic rings. The predicted octanol–water partition coefficient (Wildman–Crippen LogP) is 2.52. The van der Waals surface area contributed by atoms with E-state index in [1.54, 1.807) is 6.20 Å². The van der Waals surface area contributed by atoms with Crippen LogP contribution >= 0.6 is 15.9 Å². The Labute approximate surface area is 108 Å². The average Bonchev–Trinajstić information content (AvgIpc) is 2.71. The lowest BCUT2D eigenvalue weighted by Crippen LogP contribution is -2.15. The lowest BCUT2D eigenvalue weighted by molar-refractivity contribution is 0.968. The Hall–Kier alpha value is -1.62. The molecule has 0 unspecified atom stereocenters.